The number of benzene rings is 1. The Labute approximate surface area is 154 Å². The predicted octanol–water partition coefficient (Wildman–Crippen LogP) is 6.65. The van der Waals surface area contributed by atoms with Crippen molar-refractivity contribution >= 4 is 50.7 Å². The third kappa shape index (κ3) is 3.73. The standard InChI is InChI=1S/C17H16BrCl3O/c1-4-14(22-3)6-5-10(2)15-16(17(15,20)21)11-7-12(18)9-13(19)8-11/h4-9,15-16H,2H2,1,3H3/b6-5-,14-4+. The molecule has 0 aliphatic heterocycles. The lowest BCUT2D eigenvalue weighted by molar-refractivity contribution is 0.306. The zero-order valence-electron chi connectivity index (χ0n) is 12.2. The van der Waals surface area contributed by atoms with Gasteiger partial charge >= 0.3 is 0 Å². The molecule has 0 N–H and O–H groups in total. The summed E-state index contributed by atoms with van der Waals surface area (Å²) in [7, 11) is 1.62. The number of allylic oxidation sites excluding steroid dienone is 4. The van der Waals surface area contributed by atoms with E-state index in [2.05, 4.69) is 22.5 Å². The maximum absolute atomic E-state index is 6.46. The molecular weight excluding hydrogens is 406 g/mol. The largest absolute Gasteiger partial charge is 0.497 e. The number of methoxy groups -OCH3 is 1. The van der Waals surface area contributed by atoms with Gasteiger partial charge in [0.25, 0.3) is 0 Å². The number of ether oxygens (including phenoxy) is 1. The molecule has 22 heavy (non-hydrogen) atoms. The second-order valence-corrected chi connectivity index (χ2v) is 7.93. The van der Waals surface area contributed by atoms with Crippen molar-refractivity contribution in [3.8, 4) is 0 Å². The Morgan fingerprint density at radius 1 is 1.32 bits per heavy atom. The summed E-state index contributed by atoms with van der Waals surface area (Å²) in [5.74, 6) is 0.686. The maximum Gasteiger partial charge on any atom is 0.133 e. The van der Waals surface area contributed by atoms with Gasteiger partial charge < -0.3 is 4.74 Å². The van der Waals surface area contributed by atoms with Crippen molar-refractivity contribution in [2.45, 2.75) is 17.2 Å². The molecular formula is C17H16BrCl3O. The van der Waals surface area contributed by atoms with E-state index in [0.29, 0.717) is 5.02 Å². The quantitative estimate of drug-likeness (QED) is 0.293. The summed E-state index contributed by atoms with van der Waals surface area (Å²) >= 11 is 22.5. The molecule has 1 aliphatic rings. The fourth-order valence-electron chi connectivity index (χ4n) is 2.53. The Morgan fingerprint density at radius 2 is 2.00 bits per heavy atom. The van der Waals surface area contributed by atoms with Crippen molar-refractivity contribution in [3.05, 3.63) is 69.4 Å². The molecule has 0 radical (unpaired) electrons. The van der Waals surface area contributed by atoms with Gasteiger partial charge in [-0.2, -0.15) is 0 Å². The van der Waals surface area contributed by atoms with Gasteiger partial charge in [0.15, 0.2) is 0 Å². The van der Waals surface area contributed by atoms with Crippen LogP contribution in [0.3, 0.4) is 0 Å². The lowest BCUT2D eigenvalue weighted by atomic mass is 10.1. The van der Waals surface area contributed by atoms with Crippen LogP contribution in [0.1, 0.15) is 18.4 Å². The molecule has 0 aromatic heterocycles. The molecule has 2 atom stereocenters. The Morgan fingerprint density at radius 3 is 2.55 bits per heavy atom. The Balaban J connectivity index is 2.21. The van der Waals surface area contributed by atoms with Gasteiger partial charge in [-0.1, -0.05) is 40.2 Å². The molecule has 1 aromatic carbocycles. The minimum atomic E-state index is -0.866. The van der Waals surface area contributed by atoms with Gasteiger partial charge in [-0.25, -0.2) is 0 Å². The monoisotopic (exact) mass is 420 g/mol. The summed E-state index contributed by atoms with van der Waals surface area (Å²) in [5.41, 5.74) is 1.87. The molecule has 2 rings (SSSR count). The summed E-state index contributed by atoms with van der Waals surface area (Å²) in [6.07, 6.45) is 5.62. The second kappa shape index (κ2) is 7.00. The van der Waals surface area contributed by atoms with Crippen LogP contribution in [0.2, 0.25) is 5.02 Å². The molecule has 0 heterocycles. The molecule has 0 spiro atoms. The minimum absolute atomic E-state index is 0.0282. The van der Waals surface area contributed by atoms with E-state index in [4.69, 9.17) is 39.5 Å². The molecule has 2 unspecified atom stereocenters. The van der Waals surface area contributed by atoms with Crippen molar-refractivity contribution in [2.24, 2.45) is 5.92 Å². The van der Waals surface area contributed by atoms with Gasteiger partial charge in [-0.05, 0) is 48.4 Å². The number of rotatable bonds is 5. The van der Waals surface area contributed by atoms with E-state index in [1.54, 1.807) is 7.11 Å². The topological polar surface area (TPSA) is 9.23 Å². The highest BCUT2D eigenvalue weighted by Gasteiger charge is 2.64. The highest BCUT2D eigenvalue weighted by Crippen LogP contribution is 2.67. The van der Waals surface area contributed by atoms with Crippen LogP contribution in [0.15, 0.2) is 58.8 Å². The average Bonchev–Trinajstić information content (AvgIpc) is 3.01. The third-order valence-electron chi connectivity index (χ3n) is 3.68. The van der Waals surface area contributed by atoms with Crippen LogP contribution in [-0.2, 0) is 4.74 Å². The van der Waals surface area contributed by atoms with E-state index >= 15 is 0 Å². The van der Waals surface area contributed by atoms with Crippen molar-refractivity contribution < 1.29 is 4.74 Å². The van der Waals surface area contributed by atoms with Crippen molar-refractivity contribution in [2.75, 3.05) is 7.11 Å². The number of hydrogen-bond acceptors (Lipinski definition) is 1. The van der Waals surface area contributed by atoms with E-state index in [1.807, 2.05) is 43.4 Å². The van der Waals surface area contributed by atoms with E-state index in [1.165, 1.54) is 0 Å². The van der Waals surface area contributed by atoms with Crippen molar-refractivity contribution in [1.29, 1.82) is 0 Å². The first-order chi connectivity index (χ1) is 10.3. The molecule has 1 fully saturated rings. The number of hydrogen-bond donors (Lipinski definition) is 0. The van der Waals surface area contributed by atoms with Gasteiger partial charge in [0, 0.05) is 21.3 Å². The van der Waals surface area contributed by atoms with Crippen molar-refractivity contribution in [3.63, 3.8) is 0 Å². The first-order valence-corrected chi connectivity index (χ1v) is 8.65. The highest BCUT2D eigenvalue weighted by molar-refractivity contribution is 9.10. The molecule has 1 nitrogen and oxygen atoms in total. The SMILES string of the molecule is C=C(/C=C\C(=C/C)OC)C1C(c2cc(Cl)cc(Br)c2)C1(Cl)Cl. The smallest absolute Gasteiger partial charge is 0.133 e. The van der Waals surface area contributed by atoms with Crippen LogP contribution in [0.4, 0.5) is 0 Å². The van der Waals surface area contributed by atoms with E-state index in [-0.39, 0.29) is 11.8 Å². The fraction of sp³-hybridized carbons (Fsp3) is 0.294. The zero-order valence-corrected chi connectivity index (χ0v) is 16.1. The molecule has 0 bridgehead atoms. The van der Waals surface area contributed by atoms with Crippen LogP contribution in [-0.4, -0.2) is 11.4 Å². The lowest BCUT2D eigenvalue weighted by Crippen LogP contribution is -1.92. The molecule has 118 valence electrons. The number of alkyl halides is 2. The molecule has 1 aliphatic carbocycles. The van der Waals surface area contributed by atoms with Crippen LogP contribution in [0.25, 0.3) is 0 Å². The first-order valence-electron chi connectivity index (χ1n) is 6.72. The van der Waals surface area contributed by atoms with E-state index in [0.717, 1.165) is 21.4 Å². The van der Waals surface area contributed by atoms with Crippen molar-refractivity contribution in [1.82, 2.24) is 0 Å². The van der Waals surface area contributed by atoms with Gasteiger partial charge in [0.05, 0.1) is 7.11 Å². The molecule has 0 saturated heterocycles. The van der Waals surface area contributed by atoms with Gasteiger partial charge in [-0.3, -0.25) is 0 Å². The Hall–Kier alpha value is -0.410. The van der Waals surface area contributed by atoms with Crippen LogP contribution in [0, 0.1) is 5.92 Å². The highest BCUT2D eigenvalue weighted by atomic mass is 79.9. The second-order valence-electron chi connectivity index (χ2n) is 5.14. The fourth-order valence-corrected chi connectivity index (χ4v) is 4.33. The van der Waals surface area contributed by atoms with Gasteiger partial charge in [0.1, 0.15) is 10.1 Å². The van der Waals surface area contributed by atoms with E-state index < -0.39 is 4.33 Å². The Kier molecular flexibility index (Phi) is 5.71. The average molecular weight is 423 g/mol. The summed E-state index contributed by atoms with van der Waals surface area (Å²) in [6, 6.07) is 5.71. The summed E-state index contributed by atoms with van der Waals surface area (Å²) in [4.78, 5) is 0. The van der Waals surface area contributed by atoms with Gasteiger partial charge in [-0.15, -0.1) is 23.2 Å². The summed E-state index contributed by atoms with van der Waals surface area (Å²) in [6.45, 7) is 6.00. The van der Waals surface area contributed by atoms with E-state index in [9.17, 15) is 0 Å². The van der Waals surface area contributed by atoms with Gasteiger partial charge in [0.2, 0.25) is 0 Å². The Bertz CT molecular complexity index is 629. The minimum Gasteiger partial charge on any atom is -0.497 e. The normalized spacial score (nSPS) is 23.6. The summed E-state index contributed by atoms with van der Waals surface area (Å²) in [5, 5.41) is 0.649. The van der Waals surface area contributed by atoms with Crippen LogP contribution in [0.5, 0.6) is 0 Å². The number of halogens is 4. The summed E-state index contributed by atoms with van der Waals surface area (Å²) < 4.78 is 5.23. The first kappa shape index (κ1) is 17.9. The van der Waals surface area contributed by atoms with Crippen LogP contribution >= 0.6 is 50.7 Å². The lowest BCUT2D eigenvalue weighted by Gasteiger charge is -2.03. The van der Waals surface area contributed by atoms with Crippen LogP contribution < -0.4 is 0 Å². The predicted molar refractivity (Wildman–Crippen MR) is 98.9 cm³/mol. The molecule has 5 heteroatoms. The molecule has 1 saturated carbocycles. The zero-order chi connectivity index (χ0) is 16.5. The maximum atomic E-state index is 6.46. The third-order valence-corrected chi connectivity index (χ3v) is 5.30. The molecule has 1 aromatic rings. The molecule has 0 amide bonds.